The highest BCUT2D eigenvalue weighted by atomic mass is 35.5. The maximum atomic E-state index is 13.8. The van der Waals surface area contributed by atoms with Crippen molar-refractivity contribution in [2.75, 3.05) is 0 Å². The van der Waals surface area contributed by atoms with Crippen molar-refractivity contribution in [1.29, 1.82) is 0 Å². The van der Waals surface area contributed by atoms with E-state index >= 15 is 0 Å². The number of para-hydroxylation sites is 2. The molecule has 0 aliphatic carbocycles. The molecule has 2 aromatic carbocycles. The minimum Gasteiger partial charge on any atom is -0.295 e. The highest BCUT2D eigenvalue weighted by molar-refractivity contribution is 6.20. The highest BCUT2D eigenvalue weighted by Gasteiger charge is 2.17. The molecule has 2 nitrogen and oxygen atoms in total. The summed E-state index contributed by atoms with van der Waals surface area (Å²) in [5, 5.41) is -0.299. The molecule has 0 saturated heterocycles. The van der Waals surface area contributed by atoms with Crippen molar-refractivity contribution in [1.82, 2.24) is 9.55 Å². The number of imidazole rings is 1. The summed E-state index contributed by atoms with van der Waals surface area (Å²) < 4.78 is 15.7. The predicted molar refractivity (Wildman–Crippen MR) is 75.3 cm³/mol. The molecule has 0 saturated carbocycles. The Kier molecular flexibility index (Phi) is 2.99. The molecule has 0 aliphatic heterocycles. The molecular weight excluding hydrogens is 263 g/mol. The summed E-state index contributed by atoms with van der Waals surface area (Å²) in [5.74, 6) is 0.318. The van der Waals surface area contributed by atoms with Crippen LogP contribution in [-0.2, 0) is 0 Å². The fraction of sp³-hybridized carbons (Fsp3) is 0.133. The maximum absolute atomic E-state index is 13.8. The van der Waals surface area contributed by atoms with E-state index in [0.717, 1.165) is 11.2 Å². The topological polar surface area (TPSA) is 17.8 Å². The van der Waals surface area contributed by atoms with Gasteiger partial charge in [-0.3, -0.25) is 4.57 Å². The van der Waals surface area contributed by atoms with Gasteiger partial charge in [0.15, 0.2) is 5.82 Å². The second-order valence-corrected chi connectivity index (χ2v) is 5.02. The molecule has 0 radical (unpaired) electrons. The summed E-state index contributed by atoms with van der Waals surface area (Å²) >= 11 is 6.18. The number of halogens is 2. The van der Waals surface area contributed by atoms with Crippen LogP contribution in [0.4, 0.5) is 4.39 Å². The number of hydrogen-bond donors (Lipinski definition) is 0. The summed E-state index contributed by atoms with van der Waals surface area (Å²) in [6.45, 7) is 1.83. The fourth-order valence-electron chi connectivity index (χ4n) is 2.20. The Hall–Kier alpha value is -1.87. The van der Waals surface area contributed by atoms with Crippen LogP contribution in [-0.4, -0.2) is 9.55 Å². The van der Waals surface area contributed by atoms with Gasteiger partial charge in [0.1, 0.15) is 11.3 Å². The Morgan fingerprint density at radius 1 is 1.11 bits per heavy atom. The first-order valence-electron chi connectivity index (χ1n) is 6.05. The van der Waals surface area contributed by atoms with Crippen LogP contribution in [0.15, 0.2) is 48.5 Å². The summed E-state index contributed by atoms with van der Waals surface area (Å²) in [5.41, 5.74) is 2.01. The second kappa shape index (κ2) is 4.67. The molecule has 1 aromatic heterocycles. The lowest BCUT2D eigenvalue weighted by atomic mass is 10.2. The third-order valence-electron chi connectivity index (χ3n) is 3.03. The Morgan fingerprint density at radius 3 is 2.53 bits per heavy atom. The lowest BCUT2D eigenvalue weighted by Crippen LogP contribution is -2.01. The van der Waals surface area contributed by atoms with Gasteiger partial charge in [0.05, 0.1) is 10.9 Å². The Bertz CT molecular complexity index is 720. The summed E-state index contributed by atoms with van der Waals surface area (Å²) in [6, 6.07) is 14.7. The first kappa shape index (κ1) is 12.2. The summed E-state index contributed by atoms with van der Waals surface area (Å²) in [4.78, 5) is 4.34. The molecule has 0 spiro atoms. The fourth-order valence-corrected chi connectivity index (χ4v) is 2.34. The second-order valence-electron chi connectivity index (χ2n) is 4.36. The molecule has 1 unspecified atom stereocenters. The van der Waals surface area contributed by atoms with Gasteiger partial charge in [-0.2, -0.15) is 0 Å². The van der Waals surface area contributed by atoms with Crippen LogP contribution in [0.3, 0.4) is 0 Å². The molecule has 96 valence electrons. The molecule has 1 atom stereocenters. The minimum absolute atomic E-state index is 0.299. The van der Waals surface area contributed by atoms with Crippen LogP contribution >= 0.6 is 11.6 Å². The zero-order valence-electron chi connectivity index (χ0n) is 10.3. The van der Waals surface area contributed by atoms with E-state index in [2.05, 4.69) is 4.98 Å². The van der Waals surface area contributed by atoms with E-state index in [1.165, 1.54) is 6.07 Å². The quantitative estimate of drug-likeness (QED) is 0.631. The number of benzene rings is 2. The van der Waals surface area contributed by atoms with Crippen LogP contribution < -0.4 is 0 Å². The summed E-state index contributed by atoms with van der Waals surface area (Å²) in [6.07, 6.45) is 0. The third-order valence-corrected chi connectivity index (χ3v) is 3.23. The molecule has 0 amide bonds. The largest absolute Gasteiger partial charge is 0.295 e. The number of aromatic nitrogens is 2. The van der Waals surface area contributed by atoms with E-state index in [1.54, 1.807) is 6.07 Å². The predicted octanol–water partition coefficient (Wildman–Crippen LogP) is 4.46. The Morgan fingerprint density at radius 2 is 1.84 bits per heavy atom. The van der Waals surface area contributed by atoms with Crippen LogP contribution in [0, 0.1) is 5.82 Å². The Balaban J connectivity index is 2.38. The first-order valence-corrected chi connectivity index (χ1v) is 6.48. The SMILES string of the molecule is CC(Cl)c1nc2c(F)cccc2n1-c1ccccc1. The van der Waals surface area contributed by atoms with Gasteiger partial charge in [-0.25, -0.2) is 9.37 Å². The first-order chi connectivity index (χ1) is 9.18. The van der Waals surface area contributed by atoms with Gasteiger partial charge in [0.2, 0.25) is 0 Å². The van der Waals surface area contributed by atoms with Crippen molar-refractivity contribution >= 4 is 22.6 Å². The zero-order chi connectivity index (χ0) is 13.4. The lowest BCUT2D eigenvalue weighted by molar-refractivity contribution is 0.637. The molecule has 1 heterocycles. The van der Waals surface area contributed by atoms with Gasteiger partial charge < -0.3 is 0 Å². The van der Waals surface area contributed by atoms with Crippen molar-refractivity contribution in [2.45, 2.75) is 12.3 Å². The minimum atomic E-state index is -0.328. The standard InChI is InChI=1S/C15H12ClFN2/c1-10(16)15-18-14-12(17)8-5-9-13(14)19(15)11-6-3-2-4-7-11/h2-10H,1H3. The van der Waals surface area contributed by atoms with Gasteiger partial charge in [0.25, 0.3) is 0 Å². The lowest BCUT2D eigenvalue weighted by Gasteiger charge is -2.10. The van der Waals surface area contributed by atoms with Gasteiger partial charge in [0, 0.05) is 5.69 Å². The van der Waals surface area contributed by atoms with E-state index in [-0.39, 0.29) is 11.2 Å². The van der Waals surface area contributed by atoms with Crippen molar-refractivity contribution < 1.29 is 4.39 Å². The molecule has 0 fully saturated rings. The van der Waals surface area contributed by atoms with Crippen molar-refractivity contribution in [3.8, 4) is 5.69 Å². The van der Waals surface area contributed by atoms with E-state index in [0.29, 0.717) is 11.3 Å². The average molecular weight is 275 g/mol. The van der Waals surface area contributed by atoms with Crippen LogP contribution in [0.2, 0.25) is 0 Å². The van der Waals surface area contributed by atoms with Gasteiger partial charge in [-0.15, -0.1) is 11.6 Å². The number of fused-ring (bicyclic) bond motifs is 1. The molecule has 0 N–H and O–H groups in total. The summed E-state index contributed by atoms with van der Waals surface area (Å²) in [7, 11) is 0. The van der Waals surface area contributed by atoms with Crippen LogP contribution in [0.5, 0.6) is 0 Å². The molecule has 0 aliphatic rings. The third kappa shape index (κ3) is 2.00. The number of nitrogens with zero attached hydrogens (tertiary/aromatic N) is 2. The van der Waals surface area contributed by atoms with Crippen LogP contribution in [0.1, 0.15) is 18.1 Å². The molecule has 3 aromatic rings. The van der Waals surface area contributed by atoms with E-state index in [9.17, 15) is 4.39 Å². The normalized spacial score (nSPS) is 12.8. The smallest absolute Gasteiger partial charge is 0.151 e. The number of alkyl halides is 1. The van der Waals surface area contributed by atoms with E-state index < -0.39 is 0 Å². The van der Waals surface area contributed by atoms with Crippen molar-refractivity contribution in [2.24, 2.45) is 0 Å². The van der Waals surface area contributed by atoms with E-state index in [1.807, 2.05) is 47.9 Å². The monoisotopic (exact) mass is 274 g/mol. The maximum Gasteiger partial charge on any atom is 0.151 e. The van der Waals surface area contributed by atoms with Gasteiger partial charge in [-0.1, -0.05) is 24.3 Å². The number of rotatable bonds is 2. The average Bonchev–Trinajstić information content (AvgIpc) is 2.81. The molecule has 19 heavy (non-hydrogen) atoms. The Labute approximate surface area is 115 Å². The van der Waals surface area contributed by atoms with E-state index in [4.69, 9.17) is 11.6 Å². The van der Waals surface area contributed by atoms with Crippen molar-refractivity contribution in [3.63, 3.8) is 0 Å². The van der Waals surface area contributed by atoms with Gasteiger partial charge >= 0.3 is 0 Å². The van der Waals surface area contributed by atoms with Gasteiger partial charge in [-0.05, 0) is 31.2 Å². The van der Waals surface area contributed by atoms with Crippen LogP contribution in [0.25, 0.3) is 16.7 Å². The molecule has 0 bridgehead atoms. The number of hydrogen-bond acceptors (Lipinski definition) is 1. The highest BCUT2D eigenvalue weighted by Crippen LogP contribution is 2.29. The zero-order valence-corrected chi connectivity index (χ0v) is 11.1. The molecule has 4 heteroatoms. The molecule has 3 rings (SSSR count). The molecular formula is C15H12ClFN2. The van der Waals surface area contributed by atoms with Crippen molar-refractivity contribution in [3.05, 3.63) is 60.2 Å².